The second-order valence-electron chi connectivity index (χ2n) is 4.64. The summed E-state index contributed by atoms with van der Waals surface area (Å²) in [6.45, 7) is 3.14. The van der Waals surface area contributed by atoms with Gasteiger partial charge in [-0.1, -0.05) is 6.07 Å². The number of aliphatic hydroxyl groups excluding tert-OH is 1. The van der Waals surface area contributed by atoms with E-state index in [2.05, 4.69) is 27.0 Å². The molecular formula is C14H24Cl3N3O2. The van der Waals surface area contributed by atoms with E-state index < -0.39 is 0 Å². The summed E-state index contributed by atoms with van der Waals surface area (Å²) < 4.78 is 5.60. The van der Waals surface area contributed by atoms with Crippen LogP contribution in [0.15, 0.2) is 24.5 Å². The lowest BCUT2D eigenvalue weighted by Gasteiger charge is -2.14. The molecule has 2 N–H and O–H groups in total. The fraction of sp³-hybridized carbons (Fsp3) is 0.500. The molecule has 0 aliphatic heterocycles. The predicted molar refractivity (Wildman–Crippen MR) is 96.9 cm³/mol. The minimum absolute atomic E-state index is 0. The van der Waals surface area contributed by atoms with Gasteiger partial charge in [-0.2, -0.15) is 0 Å². The number of aromatic amines is 1. The molecule has 0 aliphatic carbocycles. The van der Waals surface area contributed by atoms with Crippen molar-refractivity contribution < 1.29 is 9.84 Å². The van der Waals surface area contributed by atoms with Crippen LogP contribution in [0.3, 0.4) is 0 Å². The number of nitrogens with zero attached hydrogens (tertiary/aromatic N) is 2. The first-order valence-electron chi connectivity index (χ1n) is 6.59. The van der Waals surface area contributed by atoms with Gasteiger partial charge in [-0.15, -0.1) is 37.2 Å². The third kappa shape index (κ3) is 7.63. The first-order chi connectivity index (χ1) is 9.29. The molecule has 2 aromatic rings. The Labute approximate surface area is 149 Å². The van der Waals surface area contributed by atoms with Crippen molar-refractivity contribution in [1.29, 1.82) is 0 Å². The quantitative estimate of drug-likeness (QED) is 0.698. The summed E-state index contributed by atoms with van der Waals surface area (Å²) in [5, 5.41) is 8.77. The second kappa shape index (κ2) is 12.9. The Morgan fingerprint density at radius 1 is 1.18 bits per heavy atom. The van der Waals surface area contributed by atoms with Crippen LogP contribution >= 0.6 is 37.2 Å². The van der Waals surface area contributed by atoms with Crippen molar-refractivity contribution in [3.63, 3.8) is 0 Å². The van der Waals surface area contributed by atoms with Gasteiger partial charge in [0, 0.05) is 13.1 Å². The third-order valence-corrected chi connectivity index (χ3v) is 3.12. The van der Waals surface area contributed by atoms with E-state index in [1.165, 1.54) is 5.56 Å². The number of H-pyrrole nitrogens is 1. The number of ether oxygens (including phenoxy) is 1. The Hall–Kier alpha value is -0.560. The average molecular weight is 373 g/mol. The zero-order valence-corrected chi connectivity index (χ0v) is 15.0. The van der Waals surface area contributed by atoms with Crippen LogP contribution in [0.1, 0.15) is 5.56 Å². The van der Waals surface area contributed by atoms with Gasteiger partial charge in [-0.25, -0.2) is 4.98 Å². The number of aromatic nitrogens is 2. The maximum atomic E-state index is 8.77. The van der Waals surface area contributed by atoms with Crippen LogP contribution in [0, 0.1) is 0 Å². The Bertz CT molecular complexity index is 511. The topological polar surface area (TPSA) is 61.4 Å². The van der Waals surface area contributed by atoms with Gasteiger partial charge in [0.05, 0.1) is 37.2 Å². The van der Waals surface area contributed by atoms with Crippen molar-refractivity contribution in [2.45, 2.75) is 6.42 Å². The van der Waals surface area contributed by atoms with E-state index in [1.54, 1.807) is 6.33 Å². The summed E-state index contributed by atoms with van der Waals surface area (Å²) in [6.07, 6.45) is 2.61. The standard InChI is InChI=1S/C14H21N3O2.3ClH/c1-17(5-7-18)6-9-19-8-4-12-2-3-13-14(10-12)16-11-15-13;;;/h2-3,10-11,18H,4-9H2,1H3,(H,15,16);3*1H. The van der Waals surface area contributed by atoms with Gasteiger partial charge in [0.1, 0.15) is 0 Å². The number of hydrogen-bond donors (Lipinski definition) is 2. The first-order valence-corrected chi connectivity index (χ1v) is 6.59. The van der Waals surface area contributed by atoms with Crippen molar-refractivity contribution in [3.8, 4) is 0 Å². The van der Waals surface area contributed by atoms with Gasteiger partial charge in [0.15, 0.2) is 0 Å². The number of aliphatic hydroxyl groups is 1. The molecule has 1 aromatic heterocycles. The monoisotopic (exact) mass is 371 g/mol. The Kier molecular flexibility index (Phi) is 13.9. The number of fused-ring (bicyclic) bond motifs is 1. The second-order valence-corrected chi connectivity index (χ2v) is 4.64. The zero-order valence-electron chi connectivity index (χ0n) is 12.5. The molecule has 0 spiro atoms. The van der Waals surface area contributed by atoms with Crippen molar-refractivity contribution in [1.82, 2.24) is 14.9 Å². The molecule has 0 atom stereocenters. The number of rotatable bonds is 8. The molecule has 8 heteroatoms. The summed E-state index contributed by atoms with van der Waals surface area (Å²) in [7, 11) is 1.98. The molecule has 2 rings (SSSR count). The van der Waals surface area contributed by atoms with Crippen molar-refractivity contribution in [2.24, 2.45) is 0 Å². The summed E-state index contributed by atoms with van der Waals surface area (Å²) in [5.41, 5.74) is 3.30. The molecule has 1 heterocycles. The molecule has 22 heavy (non-hydrogen) atoms. The minimum Gasteiger partial charge on any atom is -0.395 e. The van der Waals surface area contributed by atoms with Gasteiger partial charge >= 0.3 is 0 Å². The van der Waals surface area contributed by atoms with Gasteiger partial charge in [0.2, 0.25) is 0 Å². The van der Waals surface area contributed by atoms with E-state index in [4.69, 9.17) is 9.84 Å². The molecule has 0 bridgehead atoms. The molecule has 0 amide bonds. The van der Waals surface area contributed by atoms with E-state index >= 15 is 0 Å². The maximum absolute atomic E-state index is 8.77. The molecule has 5 nitrogen and oxygen atoms in total. The van der Waals surface area contributed by atoms with E-state index in [0.29, 0.717) is 19.8 Å². The highest BCUT2D eigenvalue weighted by Gasteiger charge is 2.00. The number of halogens is 3. The van der Waals surface area contributed by atoms with E-state index in [9.17, 15) is 0 Å². The van der Waals surface area contributed by atoms with Crippen LogP contribution in [-0.4, -0.2) is 59.9 Å². The molecule has 0 fully saturated rings. The third-order valence-electron chi connectivity index (χ3n) is 3.12. The maximum Gasteiger partial charge on any atom is 0.0931 e. The lowest BCUT2D eigenvalue weighted by Crippen LogP contribution is -2.26. The number of nitrogens with one attached hydrogen (secondary N) is 1. The molecule has 128 valence electrons. The van der Waals surface area contributed by atoms with Crippen molar-refractivity contribution >= 4 is 48.3 Å². The van der Waals surface area contributed by atoms with Crippen LogP contribution in [0.5, 0.6) is 0 Å². The highest BCUT2D eigenvalue weighted by atomic mass is 35.5. The van der Waals surface area contributed by atoms with Crippen molar-refractivity contribution in [2.75, 3.05) is 40.0 Å². The SMILES string of the molecule is CN(CCO)CCOCCc1ccc2[nH]cnc2c1.Cl.Cl.Cl. The van der Waals surface area contributed by atoms with Gasteiger partial charge in [-0.05, 0) is 31.2 Å². The highest BCUT2D eigenvalue weighted by Crippen LogP contribution is 2.11. The molecule has 1 aromatic carbocycles. The number of imidazole rings is 1. The van der Waals surface area contributed by atoms with Crippen LogP contribution < -0.4 is 0 Å². The van der Waals surface area contributed by atoms with Crippen molar-refractivity contribution in [3.05, 3.63) is 30.1 Å². The first kappa shape index (κ1) is 23.7. The van der Waals surface area contributed by atoms with Gasteiger partial charge in [-0.3, -0.25) is 0 Å². The highest BCUT2D eigenvalue weighted by molar-refractivity contribution is 5.86. The van der Waals surface area contributed by atoms with E-state index in [0.717, 1.165) is 24.0 Å². The summed E-state index contributed by atoms with van der Waals surface area (Å²) in [6, 6.07) is 6.24. The predicted octanol–water partition coefficient (Wildman–Crippen LogP) is 2.31. The number of likely N-dealkylation sites (N-methyl/N-ethyl adjacent to an activating group) is 1. The van der Waals surface area contributed by atoms with Gasteiger partial charge < -0.3 is 19.7 Å². The summed E-state index contributed by atoms with van der Waals surface area (Å²) in [4.78, 5) is 9.37. The lowest BCUT2D eigenvalue weighted by molar-refractivity contribution is 0.107. The van der Waals surface area contributed by atoms with Crippen LogP contribution in [0.2, 0.25) is 0 Å². The van der Waals surface area contributed by atoms with Gasteiger partial charge in [0.25, 0.3) is 0 Å². The normalized spacial score (nSPS) is 9.95. The molecule has 0 radical (unpaired) electrons. The number of hydrogen-bond acceptors (Lipinski definition) is 4. The molecule has 0 aliphatic rings. The molecular weight excluding hydrogens is 349 g/mol. The Balaban J connectivity index is 0. The minimum atomic E-state index is 0. The molecule has 0 saturated heterocycles. The Morgan fingerprint density at radius 3 is 2.68 bits per heavy atom. The van der Waals surface area contributed by atoms with Crippen LogP contribution in [-0.2, 0) is 11.2 Å². The fourth-order valence-electron chi connectivity index (χ4n) is 1.93. The smallest absolute Gasteiger partial charge is 0.0931 e. The van der Waals surface area contributed by atoms with Crippen LogP contribution in [0.4, 0.5) is 0 Å². The van der Waals surface area contributed by atoms with E-state index in [1.807, 2.05) is 13.1 Å². The summed E-state index contributed by atoms with van der Waals surface area (Å²) in [5.74, 6) is 0. The largest absolute Gasteiger partial charge is 0.395 e. The Morgan fingerprint density at radius 2 is 1.95 bits per heavy atom. The lowest BCUT2D eigenvalue weighted by atomic mass is 10.1. The average Bonchev–Trinajstić information content (AvgIpc) is 2.86. The van der Waals surface area contributed by atoms with E-state index in [-0.39, 0.29) is 43.8 Å². The molecule has 0 saturated carbocycles. The van der Waals surface area contributed by atoms with Crippen LogP contribution in [0.25, 0.3) is 11.0 Å². The number of benzene rings is 1. The summed E-state index contributed by atoms with van der Waals surface area (Å²) >= 11 is 0. The fourth-order valence-corrected chi connectivity index (χ4v) is 1.93. The molecule has 0 unspecified atom stereocenters. The zero-order chi connectivity index (χ0) is 13.5.